The molecule has 0 saturated heterocycles. The Kier molecular flexibility index (Phi) is 4.54. The quantitative estimate of drug-likeness (QED) is 0.808. The van der Waals surface area contributed by atoms with Crippen molar-refractivity contribution in [3.8, 4) is 11.5 Å². The van der Waals surface area contributed by atoms with Crippen LogP contribution in [0.25, 0.3) is 0 Å². The Morgan fingerprint density at radius 3 is 2.63 bits per heavy atom. The third kappa shape index (κ3) is 3.98. The van der Waals surface area contributed by atoms with Crippen molar-refractivity contribution in [2.75, 3.05) is 6.61 Å². The van der Waals surface area contributed by atoms with Gasteiger partial charge in [0.15, 0.2) is 17.2 Å². The summed E-state index contributed by atoms with van der Waals surface area (Å²) >= 11 is 0. The van der Waals surface area contributed by atoms with Gasteiger partial charge in [-0.3, -0.25) is 0 Å². The lowest BCUT2D eigenvalue weighted by Gasteiger charge is -2.13. The molecule has 0 aliphatic heterocycles. The van der Waals surface area contributed by atoms with E-state index in [-0.39, 0.29) is 18.8 Å². The molecule has 0 radical (unpaired) electrons. The highest BCUT2D eigenvalue weighted by molar-refractivity contribution is 5.91. The van der Waals surface area contributed by atoms with Crippen molar-refractivity contribution in [2.24, 2.45) is 5.73 Å². The Morgan fingerprint density at radius 1 is 1.53 bits per heavy atom. The van der Waals surface area contributed by atoms with Crippen LogP contribution in [0.1, 0.15) is 23.1 Å². The van der Waals surface area contributed by atoms with Gasteiger partial charge in [-0.1, -0.05) is 0 Å². The van der Waals surface area contributed by atoms with Gasteiger partial charge in [-0.05, 0) is 6.92 Å². The molecule has 0 aliphatic carbocycles. The normalized spacial score (nSPS) is 11.2. The fraction of sp³-hybridized carbons (Fsp3) is 0.400. The summed E-state index contributed by atoms with van der Waals surface area (Å²) in [5.41, 5.74) is 4.51. The number of carbonyl (C=O) groups excluding carboxylic acids is 1. The smallest absolute Gasteiger partial charge is 0.503 e. The van der Waals surface area contributed by atoms with Crippen molar-refractivity contribution in [2.45, 2.75) is 19.8 Å². The first kappa shape index (κ1) is 15.0. The predicted molar refractivity (Wildman–Crippen MR) is 56.4 cm³/mol. The van der Waals surface area contributed by atoms with E-state index in [1.807, 2.05) is 0 Å². The van der Waals surface area contributed by atoms with Crippen LogP contribution in [-0.4, -0.2) is 29.0 Å². The van der Waals surface area contributed by atoms with Crippen LogP contribution in [0, 0.1) is 0 Å². The number of nitrogens with two attached hydrogens (primary N) is 1. The van der Waals surface area contributed by atoms with Gasteiger partial charge in [0.2, 0.25) is 0 Å². The fourth-order valence-electron chi connectivity index (χ4n) is 1.21. The number of halogens is 3. The monoisotopic (exact) mass is 280 g/mol. The third-order valence-electron chi connectivity index (χ3n) is 1.91. The summed E-state index contributed by atoms with van der Waals surface area (Å²) < 4.78 is 44.6. The Morgan fingerprint density at radius 2 is 2.16 bits per heavy atom. The zero-order valence-corrected chi connectivity index (χ0v) is 9.82. The van der Waals surface area contributed by atoms with Crippen molar-refractivity contribution in [1.82, 2.24) is 4.98 Å². The first-order valence-electron chi connectivity index (χ1n) is 5.14. The van der Waals surface area contributed by atoms with E-state index >= 15 is 0 Å². The number of nitrogens with zero attached hydrogens (tertiary/aromatic N) is 1. The molecule has 9 heteroatoms. The topological polar surface area (TPSA) is 94.7 Å². The van der Waals surface area contributed by atoms with E-state index in [2.05, 4.69) is 14.5 Å². The first-order chi connectivity index (χ1) is 8.78. The second-order valence-electron chi connectivity index (χ2n) is 3.28. The number of pyridine rings is 1. The van der Waals surface area contributed by atoms with E-state index in [0.717, 1.165) is 6.07 Å². The van der Waals surface area contributed by atoms with Crippen molar-refractivity contribution in [3.63, 3.8) is 0 Å². The van der Waals surface area contributed by atoms with Crippen LogP contribution in [0.3, 0.4) is 0 Å². The number of aromatic hydroxyl groups is 1. The van der Waals surface area contributed by atoms with Gasteiger partial charge in [0, 0.05) is 12.6 Å². The van der Waals surface area contributed by atoms with Crippen LogP contribution in [0.2, 0.25) is 0 Å². The van der Waals surface area contributed by atoms with Crippen molar-refractivity contribution in [3.05, 3.63) is 17.5 Å². The Balaban J connectivity index is 3.24. The summed E-state index contributed by atoms with van der Waals surface area (Å²) in [6.07, 6.45) is -5.02. The second kappa shape index (κ2) is 5.74. The summed E-state index contributed by atoms with van der Waals surface area (Å²) in [6, 6.07) is 0.797. The first-order valence-corrected chi connectivity index (χ1v) is 5.14. The Hall–Kier alpha value is -2.03. The molecular weight excluding hydrogens is 269 g/mol. The average Bonchev–Trinajstić information content (AvgIpc) is 2.30. The Labute approximate surface area is 105 Å². The molecule has 6 nitrogen and oxygen atoms in total. The van der Waals surface area contributed by atoms with Gasteiger partial charge in [0.05, 0.1) is 12.3 Å². The molecule has 1 rings (SSSR count). The van der Waals surface area contributed by atoms with Gasteiger partial charge in [-0.15, -0.1) is 13.2 Å². The molecule has 0 aliphatic rings. The van der Waals surface area contributed by atoms with Gasteiger partial charge < -0.3 is 20.3 Å². The molecule has 0 fully saturated rings. The molecule has 0 aromatic carbocycles. The predicted octanol–water partition coefficient (Wildman–Crippen LogP) is 1.32. The van der Waals surface area contributed by atoms with E-state index in [9.17, 15) is 23.1 Å². The minimum atomic E-state index is -5.02. The summed E-state index contributed by atoms with van der Waals surface area (Å²) in [5, 5.41) is 9.54. The average molecular weight is 280 g/mol. The van der Waals surface area contributed by atoms with E-state index in [1.54, 1.807) is 0 Å². The van der Waals surface area contributed by atoms with Crippen LogP contribution in [-0.2, 0) is 11.3 Å². The molecule has 0 atom stereocenters. The Bertz CT molecular complexity index is 477. The maximum absolute atomic E-state index is 12.1. The summed E-state index contributed by atoms with van der Waals surface area (Å²) in [7, 11) is 0. The zero-order chi connectivity index (χ0) is 14.6. The number of esters is 1. The highest BCUT2D eigenvalue weighted by Gasteiger charge is 2.34. The van der Waals surface area contributed by atoms with Gasteiger partial charge in [0.1, 0.15) is 0 Å². The largest absolute Gasteiger partial charge is 0.573 e. The number of ether oxygens (including phenoxy) is 2. The van der Waals surface area contributed by atoms with Crippen molar-refractivity contribution >= 4 is 5.97 Å². The molecule has 1 aromatic rings. The number of carbonyl (C=O) groups is 1. The van der Waals surface area contributed by atoms with Gasteiger partial charge >= 0.3 is 12.3 Å². The summed E-state index contributed by atoms with van der Waals surface area (Å²) in [4.78, 5) is 15.0. The van der Waals surface area contributed by atoms with Gasteiger partial charge in [0.25, 0.3) is 0 Å². The molecule has 0 unspecified atom stereocenters. The lowest BCUT2D eigenvalue weighted by molar-refractivity contribution is -0.275. The number of rotatable bonds is 4. The number of alkyl halides is 3. The van der Waals surface area contributed by atoms with Gasteiger partial charge in [-0.2, -0.15) is 0 Å². The standard InChI is InChI=1S/C10H11F3N2O4/c1-2-18-9(17)7-8(16)6(19-10(11,12)13)3-5(4-14)15-7/h3,16H,2,4,14H2,1H3. The summed E-state index contributed by atoms with van der Waals surface area (Å²) in [5.74, 6) is -3.07. The molecule has 0 spiro atoms. The lowest BCUT2D eigenvalue weighted by Crippen LogP contribution is -2.19. The van der Waals surface area contributed by atoms with Crippen LogP contribution in [0.4, 0.5) is 13.2 Å². The van der Waals surface area contributed by atoms with E-state index in [1.165, 1.54) is 6.92 Å². The molecule has 106 valence electrons. The minimum absolute atomic E-state index is 0.0255. The zero-order valence-electron chi connectivity index (χ0n) is 9.82. The van der Waals surface area contributed by atoms with Crippen LogP contribution < -0.4 is 10.5 Å². The lowest BCUT2D eigenvalue weighted by atomic mass is 10.2. The number of aromatic nitrogens is 1. The molecule has 0 amide bonds. The number of hydrogen-bond acceptors (Lipinski definition) is 6. The minimum Gasteiger partial charge on any atom is -0.503 e. The maximum atomic E-state index is 12.1. The highest BCUT2D eigenvalue weighted by atomic mass is 19.4. The molecule has 3 N–H and O–H groups in total. The molecule has 0 saturated carbocycles. The third-order valence-corrected chi connectivity index (χ3v) is 1.91. The molecule has 1 heterocycles. The number of hydrogen-bond donors (Lipinski definition) is 2. The second-order valence-corrected chi connectivity index (χ2v) is 3.28. The molecular formula is C10H11F3N2O4. The molecule has 19 heavy (non-hydrogen) atoms. The van der Waals surface area contributed by atoms with Crippen molar-refractivity contribution < 1.29 is 32.5 Å². The maximum Gasteiger partial charge on any atom is 0.573 e. The van der Waals surface area contributed by atoms with E-state index in [4.69, 9.17) is 5.73 Å². The summed E-state index contributed by atoms with van der Waals surface area (Å²) in [6.45, 7) is 1.23. The fourth-order valence-corrected chi connectivity index (χ4v) is 1.21. The van der Waals surface area contributed by atoms with E-state index < -0.39 is 29.5 Å². The highest BCUT2D eigenvalue weighted by Crippen LogP contribution is 2.34. The van der Waals surface area contributed by atoms with Crippen LogP contribution >= 0.6 is 0 Å². The molecule has 1 aromatic heterocycles. The SMILES string of the molecule is CCOC(=O)c1nc(CN)cc(OC(F)(F)F)c1O. The van der Waals surface area contributed by atoms with Crippen LogP contribution in [0.15, 0.2) is 6.07 Å². The van der Waals surface area contributed by atoms with E-state index in [0.29, 0.717) is 0 Å². The van der Waals surface area contributed by atoms with Gasteiger partial charge in [-0.25, -0.2) is 9.78 Å². The molecule has 0 bridgehead atoms. The van der Waals surface area contributed by atoms with Crippen molar-refractivity contribution in [1.29, 1.82) is 0 Å². The van der Waals surface area contributed by atoms with Crippen LogP contribution in [0.5, 0.6) is 11.5 Å².